The van der Waals surface area contributed by atoms with Crippen molar-refractivity contribution in [2.45, 2.75) is 51.0 Å². The number of hydrogen-bond donors (Lipinski definition) is 1. The summed E-state index contributed by atoms with van der Waals surface area (Å²) < 4.78 is 0. The molecule has 1 N–H and O–H groups in total. The largest absolute Gasteiger partial charge is 0.314 e. The molecule has 2 unspecified atom stereocenters. The van der Waals surface area contributed by atoms with Crippen LogP contribution in [0.4, 0.5) is 0 Å². The highest BCUT2D eigenvalue weighted by atomic mass is 15.2. The molecule has 0 bridgehead atoms. The lowest BCUT2D eigenvalue weighted by atomic mass is 9.90. The molecule has 3 nitrogen and oxygen atoms in total. The molecule has 3 fully saturated rings. The normalized spacial score (nSPS) is 34.7. The zero-order valence-electron chi connectivity index (χ0n) is 12.4. The number of hydrogen-bond acceptors (Lipinski definition) is 3. The van der Waals surface area contributed by atoms with Crippen LogP contribution in [0.2, 0.25) is 0 Å². The van der Waals surface area contributed by atoms with Crippen molar-refractivity contribution in [3.8, 4) is 0 Å². The fourth-order valence-electron chi connectivity index (χ4n) is 4.20. The van der Waals surface area contributed by atoms with Gasteiger partial charge in [0.15, 0.2) is 0 Å². The predicted molar refractivity (Wildman–Crippen MR) is 80.5 cm³/mol. The van der Waals surface area contributed by atoms with Crippen LogP contribution in [-0.2, 0) is 0 Å². The Morgan fingerprint density at radius 2 is 1.58 bits per heavy atom. The average molecular weight is 265 g/mol. The van der Waals surface area contributed by atoms with E-state index in [2.05, 4.69) is 15.1 Å². The Morgan fingerprint density at radius 3 is 2.37 bits per heavy atom. The number of likely N-dealkylation sites (tertiary alicyclic amines) is 2. The number of nitrogens with zero attached hydrogens (tertiary/aromatic N) is 2. The second-order valence-corrected chi connectivity index (χ2v) is 6.81. The first-order valence-electron chi connectivity index (χ1n) is 8.60. The van der Waals surface area contributed by atoms with Crippen LogP contribution in [0.1, 0.15) is 44.9 Å². The molecule has 2 atom stereocenters. The maximum absolute atomic E-state index is 3.72. The van der Waals surface area contributed by atoms with Gasteiger partial charge in [0, 0.05) is 25.7 Å². The smallest absolute Gasteiger partial charge is 0.0109 e. The van der Waals surface area contributed by atoms with Gasteiger partial charge in [0.25, 0.3) is 0 Å². The third-order valence-corrected chi connectivity index (χ3v) is 5.39. The van der Waals surface area contributed by atoms with E-state index in [9.17, 15) is 0 Å². The molecule has 3 heteroatoms. The standard InChI is InChI=1S/C16H31N3/c1-2-9-18(10-3-1)12-13-19-11-5-6-15(14-19)16-7-4-8-17-16/h15-17H,1-14H2. The number of nitrogens with one attached hydrogen (secondary N) is 1. The average Bonchev–Trinajstić information content (AvgIpc) is 3.01. The van der Waals surface area contributed by atoms with Crippen LogP contribution in [-0.4, -0.2) is 61.7 Å². The van der Waals surface area contributed by atoms with Crippen molar-refractivity contribution in [1.82, 2.24) is 15.1 Å². The Balaban J connectivity index is 1.40. The molecule has 3 rings (SSSR count). The molecule has 110 valence electrons. The highest BCUT2D eigenvalue weighted by Gasteiger charge is 2.28. The minimum atomic E-state index is 0.831. The summed E-state index contributed by atoms with van der Waals surface area (Å²) in [6.07, 6.45) is 10.00. The molecule has 0 saturated carbocycles. The molecule has 0 aliphatic carbocycles. The first-order chi connectivity index (χ1) is 9.42. The van der Waals surface area contributed by atoms with Crippen LogP contribution < -0.4 is 5.32 Å². The van der Waals surface area contributed by atoms with Gasteiger partial charge in [-0.25, -0.2) is 0 Å². The highest BCUT2D eigenvalue weighted by Crippen LogP contribution is 2.24. The Kier molecular flexibility index (Phi) is 5.14. The molecular weight excluding hydrogens is 234 g/mol. The van der Waals surface area contributed by atoms with E-state index >= 15 is 0 Å². The van der Waals surface area contributed by atoms with Gasteiger partial charge >= 0.3 is 0 Å². The molecule has 3 heterocycles. The van der Waals surface area contributed by atoms with Gasteiger partial charge < -0.3 is 15.1 Å². The van der Waals surface area contributed by atoms with Gasteiger partial charge in [-0.3, -0.25) is 0 Å². The van der Waals surface area contributed by atoms with Crippen LogP contribution in [0.15, 0.2) is 0 Å². The van der Waals surface area contributed by atoms with E-state index in [1.165, 1.54) is 90.8 Å². The summed E-state index contributed by atoms with van der Waals surface area (Å²) in [5, 5.41) is 3.72. The van der Waals surface area contributed by atoms with Crippen molar-refractivity contribution >= 4 is 0 Å². The van der Waals surface area contributed by atoms with E-state index < -0.39 is 0 Å². The van der Waals surface area contributed by atoms with Crippen LogP contribution in [0, 0.1) is 5.92 Å². The molecule has 3 saturated heterocycles. The Bertz CT molecular complexity index is 257. The van der Waals surface area contributed by atoms with Gasteiger partial charge in [-0.2, -0.15) is 0 Å². The molecular formula is C16H31N3. The zero-order valence-corrected chi connectivity index (χ0v) is 12.4. The third-order valence-electron chi connectivity index (χ3n) is 5.39. The van der Waals surface area contributed by atoms with Crippen molar-refractivity contribution < 1.29 is 0 Å². The number of rotatable bonds is 4. The maximum atomic E-state index is 3.72. The maximum Gasteiger partial charge on any atom is 0.0109 e. The monoisotopic (exact) mass is 265 g/mol. The van der Waals surface area contributed by atoms with Gasteiger partial charge in [0.05, 0.1) is 0 Å². The molecule has 0 aromatic carbocycles. The third kappa shape index (κ3) is 3.93. The Morgan fingerprint density at radius 1 is 0.789 bits per heavy atom. The van der Waals surface area contributed by atoms with Crippen molar-refractivity contribution in [1.29, 1.82) is 0 Å². The van der Waals surface area contributed by atoms with E-state index in [4.69, 9.17) is 0 Å². The van der Waals surface area contributed by atoms with E-state index in [0.29, 0.717) is 0 Å². The van der Waals surface area contributed by atoms with Gasteiger partial charge in [0.2, 0.25) is 0 Å². The molecule has 0 spiro atoms. The molecule has 0 aromatic heterocycles. The molecule has 19 heavy (non-hydrogen) atoms. The van der Waals surface area contributed by atoms with E-state index in [-0.39, 0.29) is 0 Å². The lowest BCUT2D eigenvalue weighted by Crippen LogP contribution is -2.46. The molecule has 3 aliphatic rings. The molecule has 0 radical (unpaired) electrons. The van der Waals surface area contributed by atoms with Crippen molar-refractivity contribution in [2.24, 2.45) is 5.92 Å². The summed E-state index contributed by atoms with van der Waals surface area (Å²) in [5.41, 5.74) is 0. The number of piperidine rings is 2. The first-order valence-corrected chi connectivity index (χ1v) is 8.60. The van der Waals surface area contributed by atoms with Crippen molar-refractivity contribution in [3.05, 3.63) is 0 Å². The fraction of sp³-hybridized carbons (Fsp3) is 1.00. The highest BCUT2D eigenvalue weighted by molar-refractivity contribution is 4.86. The Labute approximate surface area is 118 Å². The fourth-order valence-corrected chi connectivity index (χ4v) is 4.20. The van der Waals surface area contributed by atoms with Gasteiger partial charge in [-0.1, -0.05) is 6.42 Å². The molecule has 3 aliphatic heterocycles. The van der Waals surface area contributed by atoms with Crippen LogP contribution >= 0.6 is 0 Å². The quantitative estimate of drug-likeness (QED) is 0.838. The summed E-state index contributed by atoms with van der Waals surface area (Å²) in [7, 11) is 0. The summed E-state index contributed by atoms with van der Waals surface area (Å²) in [6, 6.07) is 0.831. The zero-order chi connectivity index (χ0) is 12.9. The van der Waals surface area contributed by atoms with Gasteiger partial charge in [0.1, 0.15) is 0 Å². The SMILES string of the molecule is C1CCN(CCN2CCCC(C3CCCN3)C2)CC1. The van der Waals surface area contributed by atoms with Crippen LogP contribution in [0.5, 0.6) is 0 Å². The van der Waals surface area contributed by atoms with Crippen molar-refractivity contribution in [2.75, 3.05) is 45.8 Å². The first kappa shape index (κ1) is 13.8. The minimum Gasteiger partial charge on any atom is -0.314 e. The van der Waals surface area contributed by atoms with Crippen LogP contribution in [0.25, 0.3) is 0 Å². The van der Waals surface area contributed by atoms with E-state index in [0.717, 1.165) is 12.0 Å². The van der Waals surface area contributed by atoms with E-state index in [1.54, 1.807) is 0 Å². The predicted octanol–water partition coefficient (Wildman–Crippen LogP) is 1.94. The lowest BCUT2D eigenvalue weighted by Gasteiger charge is -2.37. The summed E-state index contributed by atoms with van der Waals surface area (Å²) in [4.78, 5) is 5.42. The Hall–Kier alpha value is -0.120. The topological polar surface area (TPSA) is 18.5 Å². The van der Waals surface area contributed by atoms with Gasteiger partial charge in [-0.05, 0) is 70.6 Å². The summed E-state index contributed by atoms with van der Waals surface area (Å²) in [5.74, 6) is 0.928. The van der Waals surface area contributed by atoms with Crippen LogP contribution in [0.3, 0.4) is 0 Å². The summed E-state index contributed by atoms with van der Waals surface area (Å²) >= 11 is 0. The van der Waals surface area contributed by atoms with E-state index in [1.807, 2.05) is 0 Å². The minimum absolute atomic E-state index is 0.831. The molecule has 0 amide bonds. The van der Waals surface area contributed by atoms with Crippen molar-refractivity contribution in [3.63, 3.8) is 0 Å². The van der Waals surface area contributed by atoms with Gasteiger partial charge in [-0.15, -0.1) is 0 Å². The lowest BCUT2D eigenvalue weighted by molar-refractivity contribution is 0.125. The second kappa shape index (κ2) is 7.05. The second-order valence-electron chi connectivity index (χ2n) is 6.81. The molecule has 0 aromatic rings. The summed E-state index contributed by atoms with van der Waals surface area (Å²) in [6.45, 7) is 9.27.